The molecule has 17 heavy (non-hydrogen) atoms. The second-order valence-electron chi connectivity index (χ2n) is 3.30. The molecule has 0 aromatic carbocycles. The van der Waals surface area contributed by atoms with E-state index in [9.17, 15) is 0 Å². The predicted octanol–water partition coefficient (Wildman–Crippen LogP) is 0.731. The number of hydrogen-bond acceptors (Lipinski definition) is 7. The zero-order chi connectivity index (χ0) is 11.9. The molecule has 90 valence electrons. The Morgan fingerprint density at radius 1 is 1.29 bits per heavy atom. The van der Waals surface area contributed by atoms with Crippen molar-refractivity contribution in [2.24, 2.45) is 0 Å². The van der Waals surface area contributed by atoms with Gasteiger partial charge in [0.05, 0.1) is 6.61 Å². The lowest BCUT2D eigenvalue weighted by Crippen LogP contribution is -2.18. The molecule has 0 aliphatic rings. The molecule has 0 spiro atoms. The Bertz CT molecular complexity index is 447. The molecule has 0 aliphatic carbocycles. The van der Waals surface area contributed by atoms with Crippen molar-refractivity contribution in [2.75, 3.05) is 20.3 Å². The van der Waals surface area contributed by atoms with Gasteiger partial charge in [-0.1, -0.05) is 11.3 Å². The van der Waals surface area contributed by atoms with Crippen molar-refractivity contribution in [3.8, 4) is 10.6 Å². The predicted molar refractivity (Wildman–Crippen MR) is 64.5 cm³/mol. The molecule has 0 amide bonds. The fourth-order valence-corrected chi connectivity index (χ4v) is 2.00. The van der Waals surface area contributed by atoms with E-state index < -0.39 is 0 Å². The number of methoxy groups -OCH3 is 1. The van der Waals surface area contributed by atoms with Crippen LogP contribution in [0.5, 0.6) is 0 Å². The van der Waals surface area contributed by atoms with Crippen molar-refractivity contribution in [1.29, 1.82) is 0 Å². The van der Waals surface area contributed by atoms with Crippen molar-refractivity contribution >= 4 is 11.3 Å². The molecule has 2 heterocycles. The van der Waals surface area contributed by atoms with Gasteiger partial charge in [-0.25, -0.2) is 9.97 Å². The molecule has 0 unspecified atom stereocenters. The van der Waals surface area contributed by atoms with E-state index >= 15 is 0 Å². The van der Waals surface area contributed by atoms with Gasteiger partial charge in [-0.15, -0.1) is 10.2 Å². The molecule has 1 N–H and O–H groups in total. The molecule has 2 aromatic rings. The van der Waals surface area contributed by atoms with Crippen molar-refractivity contribution < 1.29 is 4.74 Å². The summed E-state index contributed by atoms with van der Waals surface area (Å²) < 4.78 is 4.94. The molecule has 6 nitrogen and oxygen atoms in total. The Labute approximate surface area is 103 Å². The summed E-state index contributed by atoms with van der Waals surface area (Å²) in [6, 6.07) is 0. The van der Waals surface area contributed by atoms with Crippen LogP contribution < -0.4 is 5.32 Å². The highest BCUT2D eigenvalue weighted by atomic mass is 32.1. The molecular weight excluding hydrogens is 238 g/mol. The van der Waals surface area contributed by atoms with E-state index in [4.69, 9.17) is 4.74 Å². The third-order valence-electron chi connectivity index (χ3n) is 2.03. The van der Waals surface area contributed by atoms with Crippen molar-refractivity contribution in [1.82, 2.24) is 25.5 Å². The lowest BCUT2D eigenvalue weighted by molar-refractivity contribution is 0.199. The van der Waals surface area contributed by atoms with Gasteiger partial charge >= 0.3 is 0 Å². The van der Waals surface area contributed by atoms with E-state index in [1.807, 2.05) is 0 Å². The molecule has 2 rings (SSSR count). The van der Waals surface area contributed by atoms with Gasteiger partial charge in [-0.05, 0) is 0 Å². The summed E-state index contributed by atoms with van der Waals surface area (Å²) in [5, 5.41) is 13.2. The summed E-state index contributed by atoms with van der Waals surface area (Å²) in [4.78, 5) is 7.90. The molecule has 0 bridgehead atoms. The summed E-state index contributed by atoms with van der Waals surface area (Å²) in [5.41, 5.74) is 0.896. The highest BCUT2D eigenvalue weighted by Crippen LogP contribution is 2.21. The summed E-state index contributed by atoms with van der Waals surface area (Å²) in [6.45, 7) is 2.20. The highest BCUT2D eigenvalue weighted by molar-refractivity contribution is 7.14. The van der Waals surface area contributed by atoms with Gasteiger partial charge in [0, 0.05) is 38.2 Å². The first-order chi connectivity index (χ1) is 8.40. The maximum absolute atomic E-state index is 4.94. The minimum absolute atomic E-state index is 0.693. The van der Waals surface area contributed by atoms with Crippen LogP contribution in [0.4, 0.5) is 0 Å². The summed E-state index contributed by atoms with van der Waals surface area (Å²) >= 11 is 1.54. The van der Waals surface area contributed by atoms with Crippen LogP contribution in [0.2, 0.25) is 0 Å². The van der Waals surface area contributed by atoms with Gasteiger partial charge in [0.25, 0.3) is 0 Å². The first-order valence-electron chi connectivity index (χ1n) is 5.17. The van der Waals surface area contributed by atoms with Gasteiger partial charge in [0.2, 0.25) is 0 Å². The SMILES string of the molecule is COCCNCc1nnc(-c2cncnc2)s1. The van der Waals surface area contributed by atoms with Gasteiger partial charge < -0.3 is 10.1 Å². The first kappa shape index (κ1) is 12.0. The molecule has 0 fully saturated rings. The number of ether oxygens (including phenoxy) is 1. The molecular formula is C10H13N5OS. The molecule has 0 atom stereocenters. The maximum atomic E-state index is 4.94. The summed E-state index contributed by atoms with van der Waals surface area (Å²) in [6.07, 6.45) is 4.96. The Balaban J connectivity index is 1.92. The lowest BCUT2D eigenvalue weighted by Gasteiger charge is -1.99. The average Bonchev–Trinajstić information content (AvgIpc) is 2.85. The first-order valence-corrected chi connectivity index (χ1v) is 5.99. The number of rotatable bonds is 6. The van der Waals surface area contributed by atoms with Gasteiger partial charge in [0.1, 0.15) is 11.3 Å². The number of nitrogens with one attached hydrogen (secondary N) is 1. The fraction of sp³-hybridized carbons (Fsp3) is 0.400. The fourth-order valence-electron chi connectivity index (χ4n) is 1.22. The van der Waals surface area contributed by atoms with E-state index in [1.54, 1.807) is 19.5 Å². The normalized spacial score (nSPS) is 10.6. The number of nitrogens with zero attached hydrogens (tertiary/aromatic N) is 4. The van der Waals surface area contributed by atoms with E-state index in [0.29, 0.717) is 13.2 Å². The minimum atomic E-state index is 0.693. The van der Waals surface area contributed by atoms with Gasteiger partial charge in [0.15, 0.2) is 5.01 Å². The molecule has 0 saturated carbocycles. The number of hydrogen-bond donors (Lipinski definition) is 1. The third-order valence-corrected chi connectivity index (χ3v) is 3.01. The Kier molecular flexibility index (Phi) is 4.48. The van der Waals surface area contributed by atoms with E-state index in [-0.39, 0.29) is 0 Å². The van der Waals surface area contributed by atoms with Gasteiger partial charge in [-0.3, -0.25) is 0 Å². The van der Waals surface area contributed by atoms with Gasteiger partial charge in [-0.2, -0.15) is 0 Å². The second-order valence-corrected chi connectivity index (χ2v) is 4.36. The Morgan fingerprint density at radius 2 is 2.12 bits per heavy atom. The quantitative estimate of drug-likeness (QED) is 0.763. The smallest absolute Gasteiger partial charge is 0.150 e. The summed E-state index contributed by atoms with van der Waals surface area (Å²) in [7, 11) is 1.68. The van der Waals surface area contributed by atoms with Crippen LogP contribution in [0.1, 0.15) is 5.01 Å². The van der Waals surface area contributed by atoms with Crippen molar-refractivity contribution in [3.05, 3.63) is 23.7 Å². The maximum Gasteiger partial charge on any atom is 0.150 e. The van der Waals surface area contributed by atoms with E-state index in [2.05, 4.69) is 25.5 Å². The minimum Gasteiger partial charge on any atom is -0.383 e. The van der Waals surface area contributed by atoms with Crippen LogP contribution in [-0.4, -0.2) is 40.4 Å². The monoisotopic (exact) mass is 251 g/mol. The zero-order valence-corrected chi connectivity index (χ0v) is 10.3. The van der Waals surface area contributed by atoms with Crippen LogP contribution >= 0.6 is 11.3 Å². The standard InChI is InChI=1S/C10H13N5OS/c1-16-3-2-11-6-9-14-15-10(17-9)8-4-12-7-13-5-8/h4-5,7,11H,2-3,6H2,1H3. The largest absolute Gasteiger partial charge is 0.383 e. The zero-order valence-electron chi connectivity index (χ0n) is 9.46. The average molecular weight is 251 g/mol. The lowest BCUT2D eigenvalue weighted by atomic mass is 10.4. The van der Waals surface area contributed by atoms with Crippen LogP contribution in [0.15, 0.2) is 18.7 Å². The van der Waals surface area contributed by atoms with Crippen molar-refractivity contribution in [3.63, 3.8) is 0 Å². The molecule has 0 radical (unpaired) electrons. The Hall–Kier alpha value is -1.44. The Morgan fingerprint density at radius 3 is 2.88 bits per heavy atom. The molecule has 2 aromatic heterocycles. The van der Waals surface area contributed by atoms with E-state index in [0.717, 1.165) is 22.1 Å². The van der Waals surface area contributed by atoms with Crippen LogP contribution in [-0.2, 0) is 11.3 Å². The second kappa shape index (κ2) is 6.33. The topological polar surface area (TPSA) is 72.8 Å². The molecule has 7 heteroatoms. The van der Waals surface area contributed by atoms with E-state index in [1.165, 1.54) is 17.7 Å². The van der Waals surface area contributed by atoms with Crippen LogP contribution in [0.25, 0.3) is 10.6 Å². The summed E-state index contributed by atoms with van der Waals surface area (Å²) in [5.74, 6) is 0. The van der Waals surface area contributed by atoms with Crippen LogP contribution in [0, 0.1) is 0 Å². The number of aromatic nitrogens is 4. The van der Waals surface area contributed by atoms with Crippen molar-refractivity contribution in [2.45, 2.75) is 6.54 Å². The van der Waals surface area contributed by atoms with Crippen LogP contribution in [0.3, 0.4) is 0 Å². The highest BCUT2D eigenvalue weighted by Gasteiger charge is 2.06. The third kappa shape index (κ3) is 3.52. The molecule has 0 saturated heterocycles. The molecule has 0 aliphatic heterocycles.